The normalized spacial score (nSPS) is 11.8. The first-order valence-corrected chi connectivity index (χ1v) is 9.05. The summed E-state index contributed by atoms with van der Waals surface area (Å²) in [7, 11) is 0. The second kappa shape index (κ2) is 8.78. The van der Waals surface area contributed by atoms with E-state index < -0.39 is 0 Å². The molecule has 0 fully saturated rings. The van der Waals surface area contributed by atoms with E-state index in [1.807, 2.05) is 45.0 Å². The number of hydrogen-bond donors (Lipinski definition) is 1. The van der Waals surface area contributed by atoms with Crippen LogP contribution in [0, 0.1) is 20.8 Å². The van der Waals surface area contributed by atoms with Gasteiger partial charge in [0.2, 0.25) is 5.91 Å². The molecule has 2 aromatic rings. The van der Waals surface area contributed by atoms with Crippen LogP contribution >= 0.6 is 11.8 Å². The summed E-state index contributed by atoms with van der Waals surface area (Å²) >= 11 is 1.57. The second-order valence-corrected chi connectivity index (χ2v) is 7.40. The summed E-state index contributed by atoms with van der Waals surface area (Å²) in [4.78, 5) is 13.3. The maximum absolute atomic E-state index is 12.2. The fraction of sp³-hybridized carbons (Fsp3) is 0.350. The minimum atomic E-state index is -0.131. The molecule has 0 radical (unpaired) electrons. The lowest BCUT2D eigenvalue weighted by Crippen LogP contribution is -2.34. The minimum Gasteiger partial charge on any atom is -0.491 e. The fourth-order valence-corrected chi connectivity index (χ4v) is 3.11. The molecule has 0 heterocycles. The molecule has 3 nitrogen and oxygen atoms in total. The van der Waals surface area contributed by atoms with Gasteiger partial charge < -0.3 is 10.1 Å². The number of thioether (sulfide) groups is 1. The highest BCUT2D eigenvalue weighted by Gasteiger charge is 2.13. The van der Waals surface area contributed by atoms with Crippen LogP contribution in [-0.2, 0) is 4.79 Å². The molecule has 0 spiro atoms. The lowest BCUT2D eigenvalue weighted by molar-refractivity contribution is -0.120. The average molecular weight is 343 g/mol. The van der Waals surface area contributed by atoms with Crippen LogP contribution in [0.1, 0.15) is 23.6 Å². The van der Waals surface area contributed by atoms with Gasteiger partial charge in [0, 0.05) is 4.90 Å². The van der Waals surface area contributed by atoms with Gasteiger partial charge in [-0.1, -0.05) is 29.8 Å². The van der Waals surface area contributed by atoms with Crippen LogP contribution in [-0.4, -0.2) is 24.3 Å². The summed E-state index contributed by atoms with van der Waals surface area (Å²) in [6, 6.07) is 14.3. The number of rotatable bonds is 7. The SMILES string of the molecule is Cc1ccc(S[C@H](C)C(=O)NCCOc2cc(C)ccc2C)cc1. The molecule has 4 heteroatoms. The Hall–Kier alpha value is -1.94. The Bertz CT molecular complexity index is 683. The topological polar surface area (TPSA) is 38.3 Å². The molecule has 0 saturated carbocycles. The van der Waals surface area contributed by atoms with Crippen LogP contribution in [0.5, 0.6) is 5.75 Å². The van der Waals surface area contributed by atoms with Crippen molar-refractivity contribution in [3.63, 3.8) is 0 Å². The van der Waals surface area contributed by atoms with E-state index in [1.165, 1.54) is 11.1 Å². The van der Waals surface area contributed by atoms with Gasteiger partial charge in [-0.2, -0.15) is 0 Å². The molecular weight excluding hydrogens is 318 g/mol. The number of nitrogens with one attached hydrogen (secondary N) is 1. The maximum Gasteiger partial charge on any atom is 0.233 e. The smallest absolute Gasteiger partial charge is 0.233 e. The van der Waals surface area contributed by atoms with E-state index in [0.29, 0.717) is 13.2 Å². The zero-order valence-electron chi connectivity index (χ0n) is 14.8. The first-order valence-electron chi connectivity index (χ1n) is 8.17. The molecule has 1 atom stereocenters. The van der Waals surface area contributed by atoms with Gasteiger partial charge in [-0.05, 0) is 57.0 Å². The van der Waals surface area contributed by atoms with Crippen molar-refractivity contribution in [2.45, 2.75) is 37.8 Å². The zero-order chi connectivity index (χ0) is 17.5. The molecule has 0 aliphatic carbocycles. The molecule has 0 aliphatic rings. The number of benzene rings is 2. The predicted molar refractivity (Wildman–Crippen MR) is 101 cm³/mol. The first kappa shape index (κ1) is 18.4. The van der Waals surface area contributed by atoms with Crippen molar-refractivity contribution in [1.82, 2.24) is 5.32 Å². The summed E-state index contributed by atoms with van der Waals surface area (Å²) in [5.41, 5.74) is 3.50. The van der Waals surface area contributed by atoms with Crippen LogP contribution in [0.3, 0.4) is 0 Å². The van der Waals surface area contributed by atoms with Crippen LogP contribution in [0.4, 0.5) is 0 Å². The molecular formula is C20H25NO2S. The predicted octanol–water partition coefficient (Wildman–Crippen LogP) is 4.29. The molecule has 0 bridgehead atoms. The third kappa shape index (κ3) is 5.60. The van der Waals surface area contributed by atoms with Crippen LogP contribution in [0.2, 0.25) is 0 Å². The zero-order valence-corrected chi connectivity index (χ0v) is 15.6. The third-order valence-corrected chi connectivity index (χ3v) is 4.82. The summed E-state index contributed by atoms with van der Waals surface area (Å²) in [5, 5.41) is 2.80. The van der Waals surface area contributed by atoms with Crippen LogP contribution in [0.15, 0.2) is 47.4 Å². The van der Waals surface area contributed by atoms with E-state index in [1.54, 1.807) is 11.8 Å². The Morgan fingerprint density at radius 2 is 1.75 bits per heavy atom. The van der Waals surface area contributed by atoms with Gasteiger partial charge >= 0.3 is 0 Å². The van der Waals surface area contributed by atoms with Gasteiger partial charge in [0.15, 0.2) is 0 Å². The van der Waals surface area contributed by atoms with Crippen molar-refractivity contribution in [3.05, 3.63) is 59.2 Å². The minimum absolute atomic E-state index is 0.0325. The summed E-state index contributed by atoms with van der Waals surface area (Å²) < 4.78 is 5.76. The Balaban J connectivity index is 1.74. The second-order valence-electron chi connectivity index (χ2n) is 5.98. The van der Waals surface area contributed by atoms with Crippen molar-refractivity contribution in [1.29, 1.82) is 0 Å². The monoisotopic (exact) mass is 343 g/mol. The molecule has 0 aliphatic heterocycles. The number of ether oxygens (including phenoxy) is 1. The highest BCUT2D eigenvalue weighted by Crippen LogP contribution is 2.23. The van der Waals surface area contributed by atoms with Gasteiger partial charge in [-0.25, -0.2) is 0 Å². The summed E-state index contributed by atoms with van der Waals surface area (Å²) in [6.45, 7) is 9.01. The quantitative estimate of drug-likeness (QED) is 0.602. The molecule has 2 aromatic carbocycles. The van der Waals surface area contributed by atoms with Crippen molar-refractivity contribution in [3.8, 4) is 5.75 Å². The first-order chi connectivity index (χ1) is 11.5. The van der Waals surface area contributed by atoms with Gasteiger partial charge in [-0.15, -0.1) is 11.8 Å². The van der Waals surface area contributed by atoms with E-state index >= 15 is 0 Å². The Labute approximate surface area is 148 Å². The lowest BCUT2D eigenvalue weighted by atomic mass is 10.1. The largest absolute Gasteiger partial charge is 0.491 e. The molecule has 0 unspecified atom stereocenters. The van der Waals surface area contributed by atoms with Gasteiger partial charge in [-0.3, -0.25) is 4.79 Å². The van der Waals surface area contributed by atoms with Gasteiger partial charge in [0.1, 0.15) is 12.4 Å². The molecule has 0 saturated heterocycles. The van der Waals surface area contributed by atoms with E-state index in [-0.39, 0.29) is 11.2 Å². The highest BCUT2D eigenvalue weighted by molar-refractivity contribution is 8.00. The average Bonchev–Trinajstić information content (AvgIpc) is 2.56. The molecule has 128 valence electrons. The van der Waals surface area contributed by atoms with Crippen LogP contribution in [0.25, 0.3) is 0 Å². The van der Waals surface area contributed by atoms with Crippen molar-refractivity contribution >= 4 is 17.7 Å². The van der Waals surface area contributed by atoms with Crippen LogP contribution < -0.4 is 10.1 Å². The third-order valence-electron chi connectivity index (χ3n) is 3.71. The number of amides is 1. The lowest BCUT2D eigenvalue weighted by Gasteiger charge is -2.13. The molecule has 1 amide bonds. The maximum atomic E-state index is 12.2. The number of carbonyl (C=O) groups is 1. The van der Waals surface area contributed by atoms with E-state index in [4.69, 9.17) is 4.74 Å². The Kier molecular flexibility index (Phi) is 6.73. The van der Waals surface area contributed by atoms with Gasteiger partial charge in [0.25, 0.3) is 0 Å². The molecule has 2 rings (SSSR count). The summed E-state index contributed by atoms with van der Waals surface area (Å²) in [5.74, 6) is 0.913. The van der Waals surface area contributed by atoms with Crippen molar-refractivity contribution < 1.29 is 9.53 Å². The van der Waals surface area contributed by atoms with E-state index in [0.717, 1.165) is 16.2 Å². The standard InChI is InChI=1S/C20H25NO2S/c1-14-6-9-18(10-7-14)24-17(4)20(22)21-11-12-23-19-13-15(2)5-8-16(19)3/h5-10,13,17H,11-12H2,1-4H3,(H,21,22)/t17-/m1/s1. The Morgan fingerprint density at radius 1 is 1.08 bits per heavy atom. The number of hydrogen-bond acceptors (Lipinski definition) is 3. The van der Waals surface area contributed by atoms with Crippen molar-refractivity contribution in [2.24, 2.45) is 0 Å². The number of aryl methyl sites for hydroxylation is 3. The number of carbonyl (C=O) groups excluding carboxylic acids is 1. The van der Waals surface area contributed by atoms with Gasteiger partial charge in [0.05, 0.1) is 11.8 Å². The highest BCUT2D eigenvalue weighted by atomic mass is 32.2. The molecule has 0 aromatic heterocycles. The summed E-state index contributed by atoms with van der Waals surface area (Å²) in [6.07, 6.45) is 0. The molecule has 1 N–H and O–H groups in total. The fourth-order valence-electron chi connectivity index (χ4n) is 2.22. The molecule has 24 heavy (non-hydrogen) atoms. The Morgan fingerprint density at radius 3 is 2.46 bits per heavy atom. The van der Waals surface area contributed by atoms with E-state index in [9.17, 15) is 4.79 Å². The van der Waals surface area contributed by atoms with E-state index in [2.05, 4.69) is 30.4 Å². The van der Waals surface area contributed by atoms with Crippen molar-refractivity contribution in [2.75, 3.05) is 13.2 Å².